The molecule has 2 aliphatic rings. The molecule has 2 N–H and O–H groups in total. The van der Waals surface area contributed by atoms with Crippen molar-refractivity contribution in [2.45, 2.75) is 26.3 Å². The number of aliphatic imine (C=N–C) groups is 1. The number of piperazine rings is 1. The van der Waals surface area contributed by atoms with Crippen LogP contribution in [-0.2, 0) is 6.54 Å². The van der Waals surface area contributed by atoms with Gasteiger partial charge in [-0.25, -0.2) is 9.97 Å². The van der Waals surface area contributed by atoms with Gasteiger partial charge in [0.05, 0.1) is 6.61 Å². The minimum absolute atomic E-state index is 0. The summed E-state index contributed by atoms with van der Waals surface area (Å²) in [4.78, 5) is 17.8. The zero-order valence-electron chi connectivity index (χ0n) is 19.7. The van der Waals surface area contributed by atoms with Crippen molar-refractivity contribution in [2.24, 2.45) is 10.9 Å². The number of guanidine groups is 1. The molecular weight excluding hydrogens is 529 g/mol. The van der Waals surface area contributed by atoms with Crippen LogP contribution in [0.5, 0.6) is 5.75 Å². The van der Waals surface area contributed by atoms with Gasteiger partial charge in [-0.1, -0.05) is 12.1 Å². The van der Waals surface area contributed by atoms with Crippen LogP contribution in [-0.4, -0.2) is 73.8 Å². The van der Waals surface area contributed by atoms with Crippen LogP contribution >= 0.6 is 24.0 Å². The third-order valence-corrected chi connectivity index (χ3v) is 5.99. The molecule has 1 aromatic carbocycles. The number of hydrogen-bond donors (Lipinski definition) is 2. The molecule has 0 amide bonds. The Morgan fingerprint density at radius 2 is 1.88 bits per heavy atom. The lowest BCUT2D eigenvalue weighted by molar-refractivity contribution is 0.260. The molecule has 8 nitrogen and oxygen atoms in total. The third kappa shape index (κ3) is 7.99. The lowest BCUT2D eigenvalue weighted by Gasteiger charge is -2.34. The Morgan fingerprint density at radius 1 is 1.12 bits per heavy atom. The molecule has 9 heteroatoms. The molecule has 1 saturated heterocycles. The van der Waals surface area contributed by atoms with Crippen LogP contribution in [0.1, 0.15) is 24.0 Å². The standard InChI is InChI=1S/C24H35N7O.HI/c1-19-4-7-21(22(16-19)32-18-20-5-6-20)17-29-23(25-2)26-10-11-30-12-14-31(15-13-30)24-27-8-3-9-28-24;/h3-4,7-9,16,20H,5-6,10-15,17-18H2,1-2H3,(H2,25,26,29);1H. The van der Waals surface area contributed by atoms with Crippen molar-refractivity contribution in [3.05, 3.63) is 47.8 Å². The van der Waals surface area contributed by atoms with Gasteiger partial charge >= 0.3 is 0 Å². The van der Waals surface area contributed by atoms with E-state index in [1.165, 1.54) is 24.0 Å². The maximum Gasteiger partial charge on any atom is 0.225 e. The topological polar surface area (TPSA) is 77.9 Å². The van der Waals surface area contributed by atoms with Gasteiger partial charge in [0.25, 0.3) is 0 Å². The molecule has 33 heavy (non-hydrogen) atoms. The van der Waals surface area contributed by atoms with Crippen molar-refractivity contribution in [3.8, 4) is 5.75 Å². The predicted octanol–water partition coefficient (Wildman–Crippen LogP) is 2.68. The molecule has 1 saturated carbocycles. The highest BCUT2D eigenvalue weighted by Gasteiger charge is 2.22. The molecule has 1 aliphatic heterocycles. The van der Waals surface area contributed by atoms with Crippen LogP contribution in [0.25, 0.3) is 0 Å². The Bertz CT molecular complexity index is 884. The highest BCUT2D eigenvalue weighted by molar-refractivity contribution is 14.0. The second kappa shape index (κ2) is 12.9. The van der Waals surface area contributed by atoms with E-state index < -0.39 is 0 Å². The van der Waals surface area contributed by atoms with E-state index in [1.807, 2.05) is 13.1 Å². The highest BCUT2D eigenvalue weighted by Crippen LogP contribution is 2.30. The Balaban J connectivity index is 0.00000306. The number of aromatic nitrogens is 2. The fraction of sp³-hybridized carbons (Fsp3) is 0.542. The summed E-state index contributed by atoms with van der Waals surface area (Å²) in [6, 6.07) is 8.27. The summed E-state index contributed by atoms with van der Waals surface area (Å²) in [5.74, 6) is 3.37. The quantitative estimate of drug-likeness (QED) is 0.275. The molecule has 2 heterocycles. The first-order valence-electron chi connectivity index (χ1n) is 11.6. The average molecular weight is 566 g/mol. The number of benzene rings is 1. The van der Waals surface area contributed by atoms with Crippen molar-refractivity contribution >= 4 is 35.9 Å². The summed E-state index contributed by atoms with van der Waals surface area (Å²) in [5.41, 5.74) is 2.39. The van der Waals surface area contributed by atoms with Gasteiger partial charge in [0.1, 0.15) is 5.75 Å². The first kappa shape index (κ1) is 25.5. The lowest BCUT2D eigenvalue weighted by atomic mass is 10.1. The summed E-state index contributed by atoms with van der Waals surface area (Å²) < 4.78 is 6.09. The van der Waals surface area contributed by atoms with Crippen LogP contribution < -0.4 is 20.3 Å². The monoisotopic (exact) mass is 565 g/mol. The summed E-state index contributed by atoms with van der Waals surface area (Å²) in [5, 5.41) is 6.87. The van der Waals surface area contributed by atoms with E-state index in [2.05, 4.69) is 60.5 Å². The maximum atomic E-state index is 6.09. The number of anilines is 1. The smallest absolute Gasteiger partial charge is 0.225 e. The number of aryl methyl sites for hydroxylation is 1. The van der Waals surface area contributed by atoms with E-state index in [0.717, 1.165) is 69.5 Å². The van der Waals surface area contributed by atoms with Gasteiger partial charge in [-0.2, -0.15) is 0 Å². The molecule has 0 atom stereocenters. The molecule has 0 radical (unpaired) electrons. The Hall–Kier alpha value is -2.14. The fourth-order valence-corrected chi connectivity index (χ4v) is 3.79. The van der Waals surface area contributed by atoms with Crippen molar-refractivity contribution in [1.29, 1.82) is 0 Å². The normalized spacial score (nSPS) is 16.8. The SMILES string of the molecule is CN=C(NCCN1CCN(c2ncccn2)CC1)NCc1ccc(C)cc1OCC1CC1.I. The summed E-state index contributed by atoms with van der Waals surface area (Å²) in [6.07, 6.45) is 6.20. The van der Waals surface area contributed by atoms with Gasteiger partial charge in [0.2, 0.25) is 5.95 Å². The van der Waals surface area contributed by atoms with Gasteiger partial charge in [-0.3, -0.25) is 9.89 Å². The van der Waals surface area contributed by atoms with E-state index in [4.69, 9.17) is 4.74 Å². The van der Waals surface area contributed by atoms with Crippen LogP contribution in [0, 0.1) is 12.8 Å². The van der Waals surface area contributed by atoms with Crippen LogP contribution in [0.2, 0.25) is 0 Å². The zero-order valence-corrected chi connectivity index (χ0v) is 22.0. The molecule has 2 fully saturated rings. The number of hydrogen-bond acceptors (Lipinski definition) is 6. The second-order valence-corrected chi connectivity index (χ2v) is 8.60. The molecule has 4 rings (SSSR count). The van der Waals surface area contributed by atoms with E-state index in [1.54, 1.807) is 12.4 Å². The summed E-state index contributed by atoms with van der Waals surface area (Å²) >= 11 is 0. The van der Waals surface area contributed by atoms with E-state index in [-0.39, 0.29) is 24.0 Å². The molecular formula is C24H36IN7O. The number of rotatable bonds is 9. The first-order chi connectivity index (χ1) is 15.7. The largest absolute Gasteiger partial charge is 0.493 e. The lowest BCUT2D eigenvalue weighted by Crippen LogP contribution is -2.49. The molecule has 180 valence electrons. The van der Waals surface area contributed by atoms with Gasteiger partial charge in [0.15, 0.2) is 5.96 Å². The van der Waals surface area contributed by atoms with Crippen LogP contribution in [0.15, 0.2) is 41.7 Å². The molecule has 2 aromatic rings. The molecule has 0 bridgehead atoms. The fourth-order valence-electron chi connectivity index (χ4n) is 3.79. The first-order valence-corrected chi connectivity index (χ1v) is 11.6. The summed E-state index contributed by atoms with van der Waals surface area (Å²) in [6.45, 7) is 9.37. The highest BCUT2D eigenvalue weighted by atomic mass is 127. The van der Waals surface area contributed by atoms with Crippen LogP contribution in [0.3, 0.4) is 0 Å². The van der Waals surface area contributed by atoms with Gasteiger partial charge < -0.3 is 20.3 Å². The number of halogens is 1. The van der Waals surface area contributed by atoms with Crippen molar-refractivity contribution < 1.29 is 4.74 Å². The molecule has 0 unspecified atom stereocenters. The molecule has 1 aliphatic carbocycles. The Morgan fingerprint density at radius 3 is 2.58 bits per heavy atom. The van der Waals surface area contributed by atoms with Gasteiger partial charge in [0, 0.05) is 70.8 Å². The number of nitrogens with zero attached hydrogens (tertiary/aromatic N) is 5. The second-order valence-electron chi connectivity index (χ2n) is 8.60. The van der Waals surface area contributed by atoms with Crippen molar-refractivity contribution in [3.63, 3.8) is 0 Å². The van der Waals surface area contributed by atoms with Gasteiger partial charge in [-0.05, 0) is 43.4 Å². The van der Waals surface area contributed by atoms with E-state index >= 15 is 0 Å². The maximum absolute atomic E-state index is 6.09. The molecule has 0 spiro atoms. The predicted molar refractivity (Wildman–Crippen MR) is 144 cm³/mol. The zero-order chi connectivity index (χ0) is 22.2. The average Bonchev–Trinajstić information content (AvgIpc) is 3.66. The van der Waals surface area contributed by atoms with E-state index in [9.17, 15) is 0 Å². The van der Waals surface area contributed by atoms with Gasteiger partial charge in [-0.15, -0.1) is 24.0 Å². The van der Waals surface area contributed by atoms with Crippen molar-refractivity contribution in [1.82, 2.24) is 25.5 Å². The minimum atomic E-state index is 0. The Kier molecular flexibility index (Phi) is 9.98. The number of ether oxygens (including phenoxy) is 1. The van der Waals surface area contributed by atoms with E-state index in [0.29, 0.717) is 6.54 Å². The minimum Gasteiger partial charge on any atom is -0.493 e. The van der Waals surface area contributed by atoms with Crippen molar-refractivity contribution in [2.75, 3.05) is 57.8 Å². The number of nitrogens with one attached hydrogen (secondary N) is 2. The summed E-state index contributed by atoms with van der Waals surface area (Å²) in [7, 11) is 1.81. The third-order valence-electron chi connectivity index (χ3n) is 5.99. The van der Waals surface area contributed by atoms with Crippen LogP contribution in [0.4, 0.5) is 5.95 Å². The molecule has 1 aromatic heterocycles. The Labute approximate surface area is 214 Å².